The standard InChI is InChI=1S/C18H36N4.HI/c1-3-19-18(20-12-7-10-16-8-5-6-9-16)21-14-17-11-13-22(4-2)15-17;/h16-17H,3-15H2,1-2H3,(H2,19,20,21);1H. The van der Waals surface area contributed by atoms with Gasteiger partial charge in [-0.3, -0.25) is 4.99 Å². The maximum Gasteiger partial charge on any atom is 0.191 e. The molecule has 0 bridgehead atoms. The molecule has 0 aromatic rings. The summed E-state index contributed by atoms with van der Waals surface area (Å²) in [4.78, 5) is 7.33. The van der Waals surface area contributed by atoms with E-state index in [2.05, 4.69) is 29.4 Å². The van der Waals surface area contributed by atoms with Crippen molar-refractivity contribution < 1.29 is 0 Å². The first-order chi connectivity index (χ1) is 10.8. The Hall–Kier alpha value is -0.0400. The summed E-state index contributed by atoms with van der Waals surface area (Å²) in [6.07, 6.45) is 9.81. The van der Waals surface area contributed by atoms with Gasteiger partial charge in [0.25, 0.3) is 0 Å². The molecule has 1 atom stereocenters. The van der Waals surface area contributed by atoms with Crippen LogP contribution in [0.4, 0.5) is 0 Å². The first-order valence-corrected chi connectivity index (χ1v) is 9.56. The molecule has 0 radical (unpaired) electrons. The summed E-state index contributed by atoms with van der Waals surface area (Å²) in [5, 5.41) is 6.90. The molecule has 1 saturated heterocycles. The summed E-state index contributed by atoms with van der Waals surface area (Å²) in [5.74, 6) is 2.76. The van der Waals surface area contributed by atoms with Crippen molar-refractivity contribution in [3.63, 3.8) is 0 Å². The molecule has 2 aliphatic rings. The van der Waals surface area contributed by atoms with Crippen molar-refractivity contribution >= 4 is 29.9 Å². The topological polar surface area (TPSA) is 39.7 Å². The van der Waals surface area contributed by atoms with E-state index >= 15 is 0 Å². The minimum atomic E-state index is 0. The number of nitrogens with zero attached hydrogens (tertiary/aromatic N) is 2. The van der Waals surface area contributed by atoms with Crippen molar-refractivity contribution in [3.05, 3.63) is 0 Å². The second-order valence-corrected chi connectivity index (χ2v) is 6.99. The van der Waals surface area contributed by atoms with Crippen LogP contribution < -0.4 is 10.6 Å². The molecule has 0 spiro atoms. The number of rotatable bonds is 8. The zero-order chi connectivity index (χ0) is 15.6. The summed E-state index contributed by atoms with van der Waals surface area (Å²) in [6, 6.07) is 0. The lowest BCUT2D eigenvalue weighted by molar-refractivity contribution is 0.343. The summed E-state index contributed by atoms with van der Waals surface area (Å²) in [5.41, 5.74) is 0. The van der Waals surface area contributed by atoms with E-state index in [9.17, 15) is 0 Å². The minimum absolute atomic E-state index is 0. The average Bonchev–Trinajstić information content (AvgIpc) is 3.20. The van der Waals surface area contributed by atoms with Gasteiger partial charge >= 0.3 is 0 Å². The molecule has 1 aliphatic heterocycles. The van der Waals surface area contributed by atoms with Crippen molar-refractivity contribution in [2.24, 2.45) is 16.8 Å². The lowest BCUT2D eigenvalue weighted by Gasteiger charge is -2.14. The normalized spacial score (nSPS) is 23.0. The molecule has 4 nitrogen and oxygen atoms in total. The van der Waals surface area contributed by atoms with E-state index in [4.69, 9.17) is 4.99 Å². The Morgan fingerprint density at radius 1 is 1.09 bits per heavy atom. The van der Waals surface area contributed by atoms with Crippen LogP contribution in [0.2, 0.25) is 0 Å². The predicted molar refractivity (Wildman–Crippen MR) is 111 cm³/mol. The van der Waals surface area contributed by atoms with Crippen LogP contribution in [0.5, 0.6) is 0 Å². The molecule has 2 fully saturated rings. The predicted octanol–water partition coefficient (Wildman–Crippen LogP) is 3.47. The number of hydrogen-bond acceptors (Lipinski definition) is 2. The molecule has 5 heteroatoms. The van der Waals surface area contributed by atoms with Crippen LogP contribution in [0, 0.1) is 11.8 Å². The fraction of sp³-hybridized carbons (Fsp3) is 0.944. The maximum atomic E-state index is 4.80. The van der Waals surface area contributed by atoms with Gasteiger partial charge < -0.3 is 15.5 Å². The van der Waals surface area contributed by atoms with E-state index in [0.29, 0.717) is 0 Å². The Morgan fingerprint density at radius 3 is 2.52 bits per heavy atom. The van der Waals surface area contributed by atoms with Crippen molar-refractivity contribution in [2.75, 3.05) is 39.3 Å². The van der Waals surface area contributed by atoms with E-state index in [1.807, 2.05) is 0 Å². The Kier molecular flexibility index (Phi) is 11.3. The fourth-order valence-electron chi connectivity index (χ4n) is 3.81. The third-order valence-corrected chi connectivity index (χ3v) is 5.23. The smallest absolute Gasteiger partial charge is 0.191 e. The molecule has 0 amide bonds. The van der Waals surface area contributed by atoms with Gasteiger partial charge in [0.15, 0.2) is 5.96 Å². The number of guanidine groups is 1. The summed E-state index contributed by atoms with van der Waals surface area (Å²) >= 11 is 0. The average molecular weight is 436 g/mol. The van der Waals surface area contributed by atoms with Crippen LogP contribution in [0.3, 0.4) is 0 Å². The molecule has 1 heterocycles. The van der Waals surface area contributed by atoms with Gasteiger partial charge in [-0.05, 0) is 51.1 Å². The SMILES string of the molecule is CCNC(=NCC1CCN(CC)C1)NCCCC1CCCC1.I. The van der Waals surface area contributed by atoms with Gasteiger partial charge in [0.05, 0.1) is 0 Å². The second-order valence-electron chi connectivity index (χ2n) is 6.99. The quantitative estimate of drug-likeness (QED) is 0.265. The van der Waals surface area contributed by atoms with E-state index in [1.165, 1.54) is 64.6 Å². The number of nitrogens with one attached hydrogen (secondary N) is 2. The molecule has 2 rings (SSSR count). The minimum Gasteiger partial charge on any atom is -0.357 e. The first kappa shape index (κ1) is 21.0. The number of halogens is 1. The number of aliphatic imine (C=N–C) groups is 1. The monoisotopic (exact) mass is 436 g/mol. The van der Waals surface area contributed by atoms with Gasteiger partial charge in [0, 0.05) is 26.2 Å². The van der Waals surface area contributed by atoms with Gasteiger partial charge in [-0.25, -0.2) is 0 Å². The highest BCUT2D eigenvalue weighted by Gasteiger charge is 2.20. The lowest BCUT2D eigenvalue weighted by Crippen LogP contribution is -2.38. The molecule has 1 unspecified atom stereocenters. The van der Waals surface area contributed by atoms with Crippen molar-refractivity contribution in [1.29, 1.82) is 0 Å². The highest BCUT2D eigenvalue weighted by Crippen LogP contribution is 2.28. The Morgan fingerprint density at radius 2 is 1.87 bits per heavy atom. The van der Waals surface area contributed by atoms with Gasteiger partial charge in [0.1, 0.15) is 0 Å². The third kappa shape index (κ3) is 8.05. The van der Waals surface area contributed by atoms with Crippen LogP contribution in [-0.2, 0) is 0 Å². The summed E-state index contributed by atoms with van der Waals surface area (Å²) < 4.78 is 0. The van der Waals surface area contributed by atoms with Crippen LogP contribution in [-0.4, -0.2) is 50.1 Å². The molecular weight excluding hydrogens is 399 g/mol. The molecule has 0 aromatic heterocycles. The molecule has 2 N–H and O–H groups in total. The molecule has 136 valence electrons. The third-order valence-electron chi connectivity index (χ3n) is 5.23. The van der Waals surface area contributed by atoms with Gasteiger partial charge in [-0.2, -0.15) is 0 Å². The Balaban J connectivity index is 0.00000264. The van der Waals surface area contributed by atoms with Gasteiger partial charge in [-0.1, -0.05) is 32.6 Å². The van der Waals surface area contributed by atoms with Crippen LogP contribution in [0.25, 0.3) is 0 Å². The van der Waals surface area contributed by atoms with Crippen LogP contribution in [0.15, 0.2) is 4.99 Å². The molecule has 0 aromatic carbocycles. The molecule has 23 heavy (non-hydrogen) atoms. The molecular formula is C18H37IN4. The van der Waals surface area contributed by atoms with E-state index in [1.54, 1.807) is 0 Å². The van der Waals surface area contributed by atoms with Crippen molar-refractivity contribution in [2.45, 2.75) is 58.8 Å². The second kappa shape index (κ2) is 12.3. The van der Waals surface area contributed by atoms with Gasteiger partial charge in [-0.15, -0.1) is 24.0 Å². The molecule has 1 aliphatic carbocycles. The first-order valence-electron chi connectivity index (χ1n) is 9.56. The molecule has 1 saturated carbocycles. The summed E-state index contributed by atoms with van der Waals surface area (Å²) in [7, 11) is 0. The maximum absolute atomic E-state index is 4.80. The zero-order valence-corrected chi connectivity index (χ0v) is 17.5. The van der Waals surface area contributed by atoms with Crippen molar-refractivity contribution in [3.8, 4) is 0 Å². The Labute approximate surface area is 160 Å². The van der Waals surface area contributed by atoms with Crippen LogP contribution >= 0.6 is 24.0 Å². The van der Waals surface area contributed by atoms with Gasteiger partial charge in [0.2, 0.25) is 0 Å². The summed E-state index contributed by atoms with van der Waals surface area (Å²) in [6.45, 7) is 11.0. The fourth-order valence-corrected chi connectivity index (χ4v) is 3.81. The van der Waals surface area contributed by atoms with E-state index in [-0.39, 0.29) is 24.0 Å². The van der Waals surface area contributed by atoms with E-state index in [0.717, 1.165) is 37.4 Å². The highest BCUT2D eigenvalue weighted by molar-refractivity contribution is 14.0. The highest BCUT2D eigenvalue weighted by atomic mass is 127. The number of hydrogen-bond donors (Lipinski definition) is 2. The van der Waals surface area contributed by atoms with E-state index < -0.39 is 0 Å². The lowest BCUT2D eigenvalue weighted by atomic mass is 10.0. The number of likely N-dealkylation sites (tertiary alicyclic amines) is 1. The largest absolute Gasteiger partial charge is 0.357 e. The van der Waals surface area contributed by atoms with Crippen molar-refractivity contribution in [1.82, 2.24) is 15.5 Å². The zero-order valence-electron chi connectivity index (χ0n) is 15.1. The van der Waals surface area contributed by atoms with Crippen LogP contribution in [0.1, 0.15) is 58.8 Å². The Bertz CT molecular complexity index is 329.